The molecule has 0 amide bonds. The molecule has 20 heavy (non-hydrogen) atoms. The summed E-state index contributed by atoms with van der Waals surface area (Å²) in [5.74, 6) is -0.472. The summed E-state index contributed by atoms with van der Waals surface area (Å²) in [5, 5.41) is 20.7. The van der Waals surface area contributed by atoms with Crippen molar-refractivity contribution in [3.63, 3.8) is 0 Å². The lowest BCUT2D eigenvalue weighted by Crippen LogP contribution is -2.47. The van der Waals surface area contributed by atoms with Crippen molar-refractivity contribution in [2.24, 2.45) is 0 Å². The number of rotatable bonds is 6. The molecule has 1 saturated carbocycles. The maximum atomic E-state index is 11.9. The fraction of sp³-hybridized carbons (Fsp3) is 0.500. The van der Waals surface area contributed by atoms with Crippen molar-refractivity contribution in [3.8, 4) is 0 Å². The molecule has 8 heteroatoms. The minimum atomic E-state index is -3.71. The van der Waals surface area contributed by atoms with E-state index in [0.29, 0.717) is 12.8 Å². The maximum Gasteiger partial charge on any atom is 0.273 e. The third-order valence-electron chi connectivity index (χ3n) is 3.44. The van der Waals surface area contributed by atoms with Gasteiger partial charge in [0.2, 0.25) is 10.0 Å². The smallest absolute Gasteiger partial charge is 0.273 e. The van der Waals surface area contributed by atoms with Gasteiger partial charge in [0.25, 0.3) is 5.69 Å². The van der Waals surface area contributed by atoms with E-state index in [4.69, 9.17) is 0 Å². The second-order valence-electron chi connectivity index (χ2n) is 5.04. The Labute approximate surface area is 116 Å². The first-order valence-corrected chi connectivity index (χ1v) is 7.89. The normalized spacial score (nSPS) is 17.4. The molecule has 110 valence electrons. The zero-order chi connectivity index (χ0) is 14.8. The molecule has 1 aliphatic carbocycles. The lowest BCUT2D eigenvalue weighted by atomic mass is 9.81. The maximum absolute atomic E-state index is 11.9. The predicted molar refractivity (Wildman–Crippen MR) is 72.5 cm³/mol. The van der Waals surface area contributed by atoms with E-state index in [1.807, 2.05) is 0 Å². The second kappa shape index (κ2) is 5.47. The van der Waals surface area contributed by atoms with E-state index < -0.39 is 26.3 Å². The number of hydrogen-bond donors (Lipinski definition) is 2. The van der Waals surface area contributed by atoms with Gasteiger partial charge in [-0.1, -0.05) is 18.2 Å². The van der Waals surface area contributed by atoms with E-state index in [1.54, 1.807) is 6.07 Å². The largest absolute Gasteiger partial charge is 0.389 e. The number of aliphatic hydroxyl groups is 1. The van der Waals surface area contributed by atoms with Crippen LogP contribution in [0.4, 0.5) is 5.69 Å². The number of hydrogen-bond acceptors (Lipinski definition) is 5. The van der Waals surface area contributed by atoms with Crippen molar-refractivity contribution in [2.75, 3.05) is 6.54 Å². The lowest BCUT2D eigenvalue weighted by Gasteiger charge is -2.36. The molecule has 1 aromatic rings. The van der Waals surface area contributed by atoms with Gasteiger partial charge in [-0.25, -0.2) is 13.1 Å². The highest BCUT2D eigenvalue weighted by molar-refractivity contribution is 7.88. The van der Waals surface area contributed by atoms with Crippen molar-refractivity contribution in [1.82, 2.24) is 4.72 Å². The summed E-state index contributed by atoms with van der Waals surface area (Å²) in [5.41, 5.74) is -1.05. The fourth-order valence-corrected chi connectivity index (χ4v) is 3.32. The number of sulfonamides is 1. The van der Waals surface area contributed by atoms with E-state index >= 15 is 0 Å². The highest BCUT2D eigenvalue weighted by atomic mass is 32.2. The van der Waals surface area contributed by atoms with Crippen LogP contribution in [0.2, 0.25) is 0 Å². The number of benzene rings is 1. The molecule has 1 fully saturated rings. The van der Waals surface area contributed by atoms with Gasteiger partial charge in [-0.15, -0.1) is 0 Å². The molecular weight excluding hydrogens is 284 g/mol. The first-order valence-electron chi connectivity index (χ1n) is 6.23. The number of nitro groups is 1. The highest BCUT2D eigenvalue weighted by Gasteiger charge is 2.35. The first kappa shape index (κ1) is 14.9. The Bertz CT molecular complexity index is 610. The molecule has 0 radical (unpaired) electrons. The van der Waals surface area contributed by atoms with Gasteiger partial charge in [0, 0.05) is 18.2 Å². The zero-order valence-corrected chi connectivity index (χ0v) is 11.6. The number of para-hydroxylation sites is 1. The molecule has 0 saturated heterocycles. The summed E-state index contributed by atoms with van der Waals surface area (Å²) in [4.78, 5) is 10.2. The molecule has 1 aromatic carbocycles. The van der Waals surface area contributed by atoms with Gasteiger partial charge < -0.3 is 5.11 Å². The summed E-state index contributed by atoms with van der Waals surface area (Å²) in [6, 6.07) is 5.72. The Morgan fingerprint density at radius 2 is 2.00 bits per heavy atom. The van der Waals surface area contributed by atoms with Crippen molar-refractivity contribution >= 4 is 15.7 Å². The van der Waals surface area contributed by atoms with Crippen LogP contribution in [0, 0.1) is 10.1 Å². The van der Waals surface area contributed by atoms with Crippen LogP contribution in [-0.2, 0) is 15.8 Å². The van der Waals surface area contributed by atoms with Gasteiger partial charge in [-0.05, 0) is 19.3 Å². The van der Waals surface area contributed by atoms with E-state index in [2.05, 4.69) is 4.72 Å². The summed E-state index contributed by atoms with van der Waals surface area (Å²) in [6.07, 6.45) is 2.02. The molecule has 2 N–H and O–H groups in total. The monoisotopic (exact) mass is 300 g/mol. The van der Waals surface area contributed by atoms with E-state index in [1.165, 1.54) is 18.2 Å². The SMILES string of the molecule is O=[N+]([O-])c1ccccc1CS(=O)(=O)NCC1(O)CCC1. The average Bonchev–Trinajstić information content (AvgIpc) is 2.34. The van der Waals surface area contributed by atoms with E-state index in [9.17, 15) is 23.6 Å². The Hall–Kier alpha value is -1.51. The summed E-state index contributed by atoms with van der Waals surface area (Å²) >= 11 is 0. The third kappa shape index (κ3) is 3.53. The standard InChI is InChI=1S/C12H16N2O5S/c15-12(6-3-7-12)9-13-20(18,19)8-10-4-1-2-5-11(10)14(16)17/h1-2,4-5,13,15H,3,6-9H2. The minimum absolute atomic E-state index is 0.0457. The topological polar surface area (TPSA) is 110 Å². The zero-order valence-electron chi connectivity index (χ0n) is 10.8. The van der Waals surface area contributed by atoms with Crippen LogP contribution in [0.5, 0.6) is 0 Å². The number of nitrogens with zero attached hydrogens (tertiary/aromatic N) is 1. The molecule has 0 atom stereocenters. The van der Waals surface area contributed by atoms with Crippen molar-refractivity contribution in [2.45, 2.75) is 30.6 Å². The minimum Gasteiger partial charge on any atom is -0.389 e. The van der Waals surface area contributed by atoms with Gasteiger partial charge in [0.05, 0.1) is 16.3 Å². The van der Waals surface area contributed by atoms with E-state index in [-0.39, 0.29) is 17.8 Å². The van der Waals surface area contributed by atoms with Gasteiger partial charge in [-0.3, -0.25) is 10.1 Å². The Balaban J connectivity index is 2.06. The molecule has 0 heterocycles. The summed E-state index contributed by atoms with van der Waals surface area (Å²) in [6.45, 7) is -0.0457. The van der Waals surface area contributed by atoms with Crippen LogP contribution >= 0.6 is 0 Å². The number of nitro benzene ring substituents is 1. The Kier molecular flexibility index (Phi) is 4.07. The van der Waals surface area contributed by atoms with Crippen molar-refractivity contribution in [3.05, 3.63) is 39.9 Å². The van der Waals surface area contributed by atoms with Crippen molar-refractivity contribution in [1.29, 1.82) is 0 Å². The molecule has 7 nitrogen and oxygen atoms in total. The quantitative estimate of drug-likeness (QED) is 0.600. The van der Waals surface area contributed by atoms with Crippen LogP contribution in [0.3, 0.4) is 0 Å². The second-order valence-corrected chi connectivity index (χ2v) is 6.85. The molecule has 0 spiro atoms. The molecule has 0 unspecified atom stereocenters. The lowest BCUT2D eigenvalue weighted by molar-refractivity contribution is -0.385. The molecule has 2 rings (SSSR count). The van der Waals surface area contributed by atoms with Crippen LogP contribution in [0.15, 0.2) is 24.3 Å². The number of nitrogens with one attached hydrogen (secondary N) is 1. The third-order valence-corrected chi connectivity index (χ3v) is 4.71. The summed E-state index contributed by atoms with van der Waals surface area (Å²) in [7, 11) is -3.71. The van der Waals surface area contributed by atoms with Crippen molar-refractivity contribution < 1.29 is 18.4 Å². The van der Waals surface area contributed by atoms with Gasteiger partial charge in [0.1, 0.15) is 0 Å². The van der Waals surface area contributed by atoms with Crippen LogP contribution in [0.1, 0.15) is 24.8 Å². The summed E-state index contributed by atoms with van der Waals surface area (Å²) < 4.78 is 26.1. The Morgan fingerprint density at radius 1 is 1.35 bits per heavy atom. The molecular formula is C12H16N2O5S. The average molecular weight is 300 g/mol. The van der Waals surface area contributed by atoms with Gasteiger partial charge in [-0.2, -0.15) is 0 Å². The first-order chi connectivity index (χ1) is 9.31. The van der Waals surface area contributed by atoms with E-state index in [0.717, 1.165) is 6.42 Å². The fourth-order valence-electron chi connectivity index (χ4n) is 2.07. The van der Waals surface area contributed by atoms with Gasteiger partial charge >= 0.3 is 0 Å². The van der Waals surface area contributed by atoms with Gasteiger partial charge in [0.15, 0.2) is 0 Å². The Morgan fingerprint density at radius 3 is 2.55 bits per heavy atom. The molecule has 0 aromatic heterocycles. The predicted octanol–water partition coefficient (Wildman–Crippen LogP) is 0.929. The molecule has 0 bridgehead atoms. The molecule has 0 aliphatic heterocycles. The van der Waals surface area contributed by atoms with Crippen LogP contribution in [-0.4, -0.2) is 30.6 Å². The van der Waals surface area contributed by atoms with Crippen LogP contribution < -0.4 is 4.72 Å². The highest BCUT2D eigenvalue weighted by Crippen LogP contribution is 2.31. The van der Waals surface area contributed by atoms with Crippen LogP contribution in [0.25, 0.3) is 0 Å². The molecule has 1 aliphatic rings.